The number of nitrogens with two attached hydrogens (primary N) is 1. The van der Waals surface area contributed by atoms with Gasteiger partial charge in [0.05, 0.1) is 25.3 Å². The second-order valence-corrected chi connectivity index (χ2v) is 3.84. The molecule has 0 aromatic carbocycles. The summed E-state index contributed by atoms with van der Waals surface area (Å²) in [4.78, 5) is 11.1. The molecule has 7 heteroatoms. The van der Waals surface area contributed by atoms with Crippen molar-refractivity contribution in [2.45, 2.75) is 37.4 Å². The molecule has 0 aromatic rings. The van der Waals surface area contributed by atoms with Gasteiger partial charge in [0, 0.05) is 0 Å². The average molecular weight is 234 g/mol. The summed E-state index contributed by atoms with van der Waals surface area (Å²) in [5.74, 6) is -0.436. The van der Waals surface area contributed by atoms with Gasteiger partial charge in [-0.25, -0.2) is 0 Å². The third kappa shape index (κ3) is 2.69. The second-order valence-electron chi connectivity index (χ2n) is 3.84. The van der Waals surface area contributed by atoms with Crippen LogP contribution >= 0.6 is 0 Å². The molecule has 0 aliphatic carbocycles. The first-order valence-corrected chi connectivity index (χ1v) is 5.13. The van der Waals surface area contributed by atoms with Crippen molar-refractivity contribution in [3.63, 3.8) is 0 Å². The van der Waals surface area contributed by atoms with E-state index in [9.17, 15) is 15.0 Å². The van der Waals surface area contributed by atoms with Gasteiger partial charge >= 0.3 is 0 Å². The van der Waals surface area contributed by atoms with Crippen LogP contribution in [0.1, 0.15) is 6.92 Å². The van der Waals surface area contributed by atoms with Gasteiger partial charge in [0.2, 0.25) is 5.91 Å². The highest BCUT2D eigenvalue weighted by Crippen LogP contribution is 2.20. The fraction of sp³-hybridized carbons (Fsp3) is 0.889. The van der Waals surface area contributed by atoms with Gasteiger partial charge in [-0.05, 0) is 6.92 Å². The van der Waals surface area contributed by atoms with Gasteiger partial charge in [0.15, 0.2) is 0 Å². The lowest BCUT2D eigenvalue weighted by molar-refractivity contribution is -0.190. The number of carbonyl (C=O) groups excluding carboxylic acids is 1. The third-order valence-electron chi connectivity index (χ3n) is 2.69. The smallest absolute Gasteiger partial charge is 0.234 e. The Morgan fingerprint density at radius 3 is 2.56 bits per heavy atom. The molecule has 0 aromatic heterocycles. The first-order valence-electron chi connectivity index (χ1n) is 5.13. The van der Waals surface area contributed by atoms with Gasteiger partial charge in [-0.15, -0.1) is 0 Å². The number of amides is 1. The molecule has 1 fully saturated rings. The summed E-state index contributed by atoms with van der Waals surface area (Å²) in [5, 5.41) is 30.7. The van der Waals surface area contributed by atoms with Crippen molar-refractivity contribution in [1.82, 2.24) is 5.32 Å². The van der Waals surface area contributed by atoms with E-state index >= 15 is 0 Å². The highest BCUT2D eigenvalue weighted by molar-refractivity contribution is 5.78. The van der Waals surface area contributed by atoms with Gasteiger partial charge in [0.1, 0.15) is 18.3 Å². The van der Waals surface area contributed by atoms with Gasteiger partial charge in [-0.2, -0.15) is 0 Å². The van der Waals surface area contributed by atoms with Crippen LogP contribution in [0.5, 0.6) is 0 Å². The Morgan fingerprint density at radius 1 is 1.44 bits per heavy atom. The van der Waals surface area contributed by atoms with E-state index in [1.807, 2.05) is 0 Å². The number of hydrogen-bond donors (Lipinski definition) is 5. The molecule has 1 aliphatic heterocycles. The van der Waals surface area contributed by atoms with Crippen molar-refractivity contribution in [1.29, 1.82) is 0 Å². The van der Waals surface area contributed by atoms with Crippen LogP contribution < -0.4 is 11.1 Å². The lowest BCUT2D eigenvalue weighted by Gasteiger charge is -2.41. The molecule has 0 bridgehead atoms. The Labute approximate surface area is 93.2 Å². The molecular weight excluding hydrogens is 216 g/mol. The maximum Gasteiger partial charge on any atom is 0.234 e. The van der Waals surface area contributed by atoms with Crippen LogP contribution in [0, 0.1) is 0 Å². The fourth-order valence-electron chi connectivity index (χ4n) is 1.75. The highest BCUT2D eigenvalue weighted by Gasteiger charge is 2.42. The zero-order chi connectivity index (χ0) is 12.3. The number of carbonyl (C=O) groups is 1. The summed E-state index contributed by atoms with van der Waals surface area (Å²) in [6.07, 6.45) is -3.76. The van der Waals surface area contributed by atoms with Gasteiger partial charge < -0.3 is 31.1 Å². The molecule has 1 aliphatic rings. The summed E-state index contributed by atoms with van der Waals surface area (Å²) < 4.78 is 5.26. The third-order valence-corrected chi connectivity index (χ3v) is 2.69. The molecule has 94 valence electrons. The molecule has 7 nitrogen and oxygen atoms in total. The van der Waals surface area contributed by atoms with Crippen molar-refractivity contribution in [3.05, 3.63) is 0 Å². The quantitative estimate of drug-likeness (QED) is 0.353. The number of aliphatic hydroxyl groups is 3. The molecule has 0 unspecified atom stereocenters. The van der Waals surface area contributed by atoms with E-state index in [1.165, 1.54) is 0 Å². The van der Waals surface area contributed by atoms with Crippen LogP contribution in [-0.4, -0.2) is 64.8 Å². The molecule has 0 spiro atoms. The Balaban J connectivity index is 2.67. The van der Waals surface area contributed by atoms with Crippen LogP contribution in [0.4, 0.5) is 0 Å². The van der Waals surface area contributed by atoms with Crippen molar-refractivity contribution >= 4 is 5.91 Å². The predicted molar refractivity (Wildman–Crippen MR) is 54.4 cm³/mol. The van der Waals surface area contributed by atoms with E-state index in [2.05, 4.69) is 5.32 Å². The van der Waals surface area contributed by atoms with E-state index in [1.54, 1.807) is 6.92 Å². The molecule has 1 rings (SSSR count). The SMILES string of the molecule is C[C@@H]1O[C@H](CO)[C@H](O)[C@H](O)[C@H]1NC(=O)CN. The van der Waals surface area contributed by atoms with E-state index in [-0.39, 0.29) is 13.2 Å². The molecule has 1 amide bonds. The molecule has 1 saturated heterocycles. The second kappa shape index (κ2) is 5.55. The van der Waals surface area contributed by atoms with Crippen molar-refractivity contribution < 1.29 is 24.9 Å². The van der Waals surface area contributed by atoms with E-state index in [0.717, 1.165) is 0 Å². The predicted octanol–water partition coefficient (Wildman–Crippen LogP) is -3.07. The van der Waals surface area contributed by atoms with E-state index in [4.69, 9.17) is 15.6 Å². The normalized spacial score (nSPS) is 39.4. The Kier molecular flexibility index (Phi) is 4.63. The number of nitrogens with one attached hydrogen (secondary N) is 1. The molecule has 0 saturated carbocycles. The Morgan fingerprint density at radius 2 is 2.06 bits per heavy atom. The zero-order valence-electron chi connectivity index (χ0n) is 9.04. The monoisotopic (exact) mass is 234 g/mol. The van der Waals surface area contributed by atoms with Crippen LogP contribution in [0.3, 0.4) is 0 Å². The van der Waals surface area contributed by atoms with E-state index in [0.29, 0.717) is 0 Å². The summed E-state index contributed by atoms with van der Waals surface area (Å²) in [6.45, 7) is 1.05. The number of aliphatic hydroxyl groups excluding tert-OH is 3. The van der Waals surface area contributed by atoms with Crippen LogP contribution in [-0.2, 0) is 9.53 Å². The standard InChI is InChI=1S/C9H18N2O5/c1-4-7(11-6(13)2-10)9(15)8(14)5(3-12)16-4/h4-5,7-9,12,14-15H,2-3,10H2,1H3,(H,11,13)/t4-,5+,7-,8-,9+/m0/s1. The molecular formula is C9H18N2O5. The largest absolute Gasteiger partial charge is 0.394 e. The zero-order valence-corrected chi connectivity index (χ0v) is 9.04. The first-order chi connectivity index (χ1) is 7.51. The Hall–Kier alpha value is -0.730. The van der Waals surface area contributed by atoms with Gasteiger partial charge in [0.25, 0.3) is 0 Å². The lowest BCUT2D eigenvalue weighted by Crippen LogP contribution is -2.63. The molecule has 1 heterocycles. The average Bonchev–Trinajstić information content (AvgIpc) is 2.28. The van der Waals surface area contributed by atoms with Crippen molar-refractivity contribution in [2.24, 2.45) is 5.73 Å². The van der Waals surface area contributed by atoms with Gasteiger partial charge in [-0.3, -0.25) is 4.79 Å². The van der Waals surface area contributed by atoms with Crippen LogP contribution in [0.25, 0.3) is 0 Å². The van der Waals surface area contributed by atoms with Crippen molar-refractivity contribution in [2.75, 3.05) is 13.2 Å². The summed E-state index contributed by atoms with van der Waals surface area (Å²) in [5.41, 5.74) is 5.13. The maximum absolute atomic E-state index is 11.1. The minimum absolute atomic E-state index is 0.199. The fourth-order valence-corrected chi connectivity index (χ4v) is 1.75. The van der Waals surface area contributed by atoms with E-state index < -0.39 is 36.4 Å². The number of rotatable bonds is 3. The highest BCUT2D eigenvalue weighted by atomic mass is 16.5. The first kappa shape index (κ1) is 13.3. The minimum atomic E-state index is -1.23. The molecule has 6 N–H and O–H groups in total. The van der Waals surface area contributed by atoms with Crippen molar-refractivity contribution in [3.8, 4) is 0 Å². The lowest BCUT2D eigenvalue weighted by atomic mass is 9.93. The van der Waals surface area contributed by atoms with Gasteiger partial charge in [-0.1, -0.05) is 0 Å². The maximum atomic E-state index is 11.1. The molecule has 0 radical (unpaired) electrons. The topological polar surface area (TPSA) is 125 Å². The Bertz CT molecular complexity index is 250. The minimum Gasteiger partial charge on any atom is -0.394 e. The van der Waals surface area contributed by atoms with Crippen LogP contribution in [0.2, 0.25) is 0 Å². The summed E-state index contributed by atoms with van der Waals surface area (Å²) in [7, 11) is 0. The molecule has 16 heavy (non-hydrogen) atoms. The number of hydrogen-bond acceptors (Lipinski definition) is 6. The summed E-state index contributed by atoms with van der Waals surface area (Å²) in [6, 6.07) is -0.728. The summed E-state index contributed by atoms with van der Waals surface area (Å²) >= 11 is 0. The number of ether oxygens (including phenoxy) is 1. The molecule has 5 atom stereocenters. The van der Waals surface area contributed by atoms with Crippen LogP contribution in [0.15, 0.2) is 0 Å².